The first kappa shape index (κ1) is 15.9. The van der Waals surface area contributed by atoms with Crippen LogP contribution < -0.4 is 11.3 Å². The van der Waals surface area contributed by atoms with Crippen LogP contribution in [-0.2, 0) is 6.42 Å². The van der Waals surface area contributed by atoms with Gasteiger partial charge in [0.05, 0.1) is 6.04 Å². The molecule has 0 bridgehead atoms. The van der Waals surface area contributed by atoms with Gasteiger partial charge in [0.2, 0.25) is 0 Å². The van der Waals surface area contributed by atoms with Crippen LogP contribution in [0.2, 0.25) is 5.02 Å². The summed E-state index contributed by atoms with van der Waals surface area (Å²) in [6.07, 6.45) is 0.604. The molecule has 0 aliphatic carbocycles. The maximum Gasteiger partial charge on any atom is 0.124 e. The summed E-state index contributed by atoms with van der Waals surface area (Å²) in [5, 5.41) is 0.665. The van der Waals surface area contributed by atoms with Gasteiger partial charge < -0.3 is 0 Å². The summed E-state index contributed by atoms with van der Waals surface area (Å²) < 4.78 is 14.7. The van der Waals surface area contributed by atoms with Gasteiger partial charge in [-0.3, -0.25) is 11.3 Å². The third kappa shape index (κ3) is 3.80. The monoisotopic (exact) mass is 420 g/mol. The van der Waals surface area contributed by atoms with Gasteiger partial charge in [0.25, 0.3) is 0 Å². The maximum absolute atomic E-state index is 13.1. The van der Waals surface area contributed by atoms with E-state index in [-0.39, 0.29) is 11.9 Å². The summed E-state index contributed by atoms with van der Waals surface area (Å²) in [5.74, 6) is 5.33. The number of benzene rings is 2. The molecule has 106 valence electrons. The van der Waals surface area contributed by atoms with Crippen molar-refractivity contribution < 1.29 is 4.39 Å². The quantitative estimate of drug-likeness (QED) is 0.551. The van der Waals surface area contributed by atoms with Crippen molar-refractivity contribution in [1.29, 1.82) is 0 Å². The highest BCUT2D eigenvalue weighted by atomic mass is 79.9. The SMILES string of the molecule is NNC(Cc1ccc(Br)cc1Cl)c1ccc(F)cc1Br. The first-order valence-electron chi connectivity index (χ1n) is 5.86. The summed E-state index contributed by atoms with van der Waals surface area (Å²) in [6, 6.07) is 10.1. The van der Waals surface area contributed by atoms with E-state index in [1.54, 1.807) is 6.07 Å². The van der Waals surface area contributed by atoms with Gasteiger partial charge in [-0.05, 0) is 41.8 Å². The van der Waals surface area contributed by atoms with Crippen LogP contribution in [0, 0.1) is 5.82 Å². The fraction of sp³-hybridized carbons (Fsp3) is 0.143. The fourth-order valence-electron chi connectivity index (χ4n) is 1.95. The van der Waals surface area contributed by atoms with Crippen LogP contribution in [0.25, 0.3) is 0 Å². The summed E-state index contributed by atoms with van der Waals surface area (Å²) in [4.78, 5) is 0. The molecule has 6 heteroatoms. The van der Waals surface area contributed by atoms with Crippen LogP contribution >= 0.6 is 43.5 Å². The van der Waals surface area contributed by atoms with E-state index in [1.165, 1.54) is 12.1 Å². The van der Waals surface area contributed by atoms with Crippen molar-refractivity contribution in [3.8, 4) is 0 Å². The van der Waals surface area contributed by atoms with E-state index in [1.807, 2.05) is 18.2 Å². The van der Waals surface area contributed by atoms with Crippen molar-refractivity contribution in [3.05, 3.63) is 67.3 Å². The van der Waals surface area contributed by atoms with Gasteiger partial charge in [-0.15, -0.1) is 0 Å². The van der Waals surface area contributed by atoms with Gasteiger partial charge >= 0.3 is 0 Å². The standard InChI is InChI=1S/C14H12Br2ClFN2/c15-9-2-1-8(13(17)6-9)5-14(20-19)11-4-3-10(18)7-12(11)16/h1-4,6-7,14,20H,5,19H2. The lowest BCUT2D eigenvalue weighted by Gasteiger charge is -2.19. The van der Waals surface area contributed by atoms with Crippen LogP contribution in [0.3, 0.4) is 0 Å². The first-order chi connectivity index (χ1) is 9.51. The van der Waals surface area contributed by atoms with Gasteiger partial charge in [0.1, 0.15) is 5.82 Å². The number of nitrogens with one attached hydrogen (secondary N) is 1. The lowest BCUT2D eigenvalue weighted by Crippen LogP contribution is -2.30. The molecular weight excluding hydrogens is 410 g/mol. The highest BCUT2D eigenvalue weighted by molar-refractivity contribution is 9.10. The van der Waals surface area contributed by atoms with E-state index in [4.69, 9.17) is 17.4 Å². The summed E-state index contributed by atoms with van der Waals surface area (Å²) in [6.45, 7) is 0. The normalized spacial score (nSPS) is 12.4. The Morgan fingerprint density at radius 1 is 1.20 bits per heavy atom. The summed E-state index contributed by atoms with van der Waals surface area (Å²) >= 11 is 12.9. The van der Waals surface area contributed by atoms with Crippen LogP contribution in [0.5, 0.6) is 0 Å². The second-order valence-corrected chi connectivity index (χ2v) is 6.50. The van der Waals surface area contributed by atoms with Crippen molar-refractivity contribution in [2.75, 3.05) is 0 Å². The Hall–Kier alpha value is -0.460. The zero-order valence-electron chi connectivity index (χ0n) is 10.3. The second kappa shape index (κ2) is 7.00. The summed E-state index contributed by atoms with van der Waals surface area (Å²) in [7, 11) is 0. The molecule has 0 aliphatic rings. The van der Waals surface area contributed by atoms with E-state index in [9.17, 15) is 4.39 Å². The summed E-state index contributed by atoms with van der Waals surface area (Å²) in [5.41, 5.74) is 4.60. The minimum Gasteiger partial charge on any atom is -0.271 e. The molecule has 0 aliphatic heterocycles. The van der Waals surface area contributed by atoms with Crippen molar-refractivity contribution in [2.24, 2.45) is 5.84 Å². The molecule has 1 atom stereocenters. The molecule has 2 aromatic carbocycles. The molecule has 0 amide bonds. The molecule has 0 aromatic heterocycles. The van der Waals surface area contributed by atoms with Crippen molar-refractivity contribution in [1.82, 2.24) is 5.43 Å². The molecule has 2 nitrogen and oxygen atoms in total. The molecule has 20 heavy (non-hydrogen) atoms. The largest absolute Gasteiger partial charge is 0.271 e. The van der Waals surface area contributed by atoms with Crippen LogP contribution in [-0.4, -0.2) is 0 Å². The van der Waals surface area contributed by atoms with E-state index in [2.05, 4.69) is 37.3 Å². The third-order valence-electron chi connectivity index (χ3n) is 2.98. The minimum atomic E-state index is -0.293. The Morgan fingerprint density at radius 3 is 2.55 bits per heavy atom. The number of hydrogen-bond donors (Lipinski definition) is 2. The Morgan fingerprint density at radius 2 is 1.95 bits per heavy atom. The van der Waals surface area contributed by atoms with E-state index >= 15 is 0 Å². The minimum absolute atomic E-state index is 0.163. The molecule has 0 heterocycles. The van der Waals surface area contributed by atoms with Crippen molar-refractivity contribution in [2.45, 2.75) is 12.5 Å². The molecule has 2 aromatic rings. The number of nitrogens with two attached hydrogens (primary N) is 1. The highest BCUT2D eigenvalue weighted by Gasteiger charge is 2.16. The van der Waals surface area contributed by atoms with E-state index < -0.39 is 0 Å². The molecule has 3 N–H and O–H groups in total. The zero-order valence-corrected chi connectivity index (χ0v) is 14.3. The Labute approximate surface area is 138 Å². The van der Waals surface area contributed by atoms with Crippen LogP contribution in [0.15, 0.2) is 45.3 Å². The van der Waals surface area contributed by atoms with Gasteiger partial charge in [0.15, 0.2) is 0 Å². The molecule has 2 rings (SSSR count). The van der Waals surface area contributed by atoms with Crippen LogP contribution in [0.4, 0.5) is 4.39 Å². The average molecular weight is 423 g/mol. The van der Waals surface area contributed by atoms with Gasteiger partial charge in [-0.2, -0.15) is 0 Å². The van der Waals surface area contributed by atoms with E-state index in [0.29, 0.717) is 15.9 Å². The number of halogens is 4. The number of rotatable bonds is 4. The topological polar surface area (TPSA) is 38.0 Å². The third-order valence-corrected chi connectivity index (χ3v) is 4.51. The number of hydrogen-bond acceptors (Lipinski definition) is 2. The lowest BCUT2D eigenvalue weighted by atomic mass is 9.99. The Kier molecular flexibility index (Phi) is 5.57. The number of hydrazine groups is 1. The van der Waals surface area contributed by atoms with E-state index in [0.717, 1.165) is 15.6 Å². The highest BCUT2D eigenvalue weighted by Crippen LogP contribution is 2.29. The van der Waals surface area contributed by atoms with Crippen molar-refractivity contribution >= 4 is 43.5 Å². The van der Waals surface area contributed by atoms with Crippen molar-refractivity contribution in [3.63, 3.8) is 0 Å². The fourth-order valence-corrected chi connectivity index (χ4v) is 3.33. The maximum atomic E-state index is 13.1. The van der Waals surface area contributed by atoms with Crippen LogP contribution in [0.1, 0.15) is 17.2 Å². The predicted molar refractivity (Wildman–Crippen MR) is 87.0 cm³/mol. The lowest BCUT2D eigenvalue weighted by molar-refractivity contribution is 0.547. The Bertz CT molecular complexity index is 622. The zero-order chi connectivity index (χ0) is 14.7. The molecular formula is C14H12Br2ClFN2. The smallest absolute Gasteiger partial charge is 0.124 e. The van der Waals surface area contributed by atoms with Gasteiger partial charge in [-0.1, -0.05) is 55.6 Å². The first-order valence-corrected chi connectivity index (χ1v) is 7.82. The van der Waals surface area contributed by atoms with Gasteiger partial charge in [0, 0.05) is 14.0 Å². The molecule has 0 spiro atoms. The Balaban J connectivity index is 2.28. The predicted octanol–water partition coefficient (Wildman–Crippen LogP) is 4.75. The molecule has 0 saturated carbocycles. The molecule has 1 unspecified atom stereocenters. The average Bonchev–Trinajstić information content (AvgIpc) is 2.39. The molecule has 0 saturated heterocycles. The molecule has 0 fully saturated rings. The molecule has 0 radical (unpaired) electrons. The van der Waals surface area contributed by atoms with Gasteiger partial charge in [-0.25, -0.2) is 4.39 Å². The second-order valence-electron chi connectivity index (χ2n) is 4.32.